The molecule has 0 bridgehead atoms. The molecule has 1 aliphatic heterocycles. The summed E-state index contributed by atoms with van der Waals surface area (Å²) in [5.74, 6) is 0.868. The fraction of sp³-hybridized carbons (Fsp3) is 0.381. The molecule has 1 N–H and O–H groups in total. The first kappa shape index (κ1) is 20.8. The van der Waals surface area contributed by atoms with E-state index >= 15 is 0 Å². The fourth-order valence-corrected chi connectivity index (χ4v) is 3.94. The van der Waals surface area contributed by atoms with Gasteiger partial charge in [0.25, 0.3) is 0 Å². The van der Waals surface area contributed by atoms with E-state index in [1.165, 1.54) is 7.11 Å². The van der Waals surface area contributed by atoms with E-state index < -0.39 is 0 Å². The molecule has 2 aromatic rings. The van der Waals surface area contributed by atoms with Gasteiger partial charge in [-0.25, -0.2) is 0 Å². The average molecular weight is 423 g/mol. The molecule has 1 amide bonds. The summed E-state index contributed by atoms with van der Waals surface area (Å²) in [4.78, 5) is 15.2. The summed E-state index contributed by atoms with van der Waals surface area (Å²) in [6, 6.07) is 11.2. The molecule has 150 valence electrons. The van der Waals surface area contributed by atoms with Crippen molar-refractivity contribution in [1.29, 1.82) is 0 Å². The molecule has 1 heterocycles. The molecule has 28 heavy (non-hydrogen) atoms. The second kappa shape index (κ2) is 9.50. The summed E-state index contributed by atoms with van der Waals surface area (Å²) in [7, 11) is 3.08. The first-order valence-electron chi connectivity index (χ1n) is 9.19. The number of hydrogen-bond acceptors (Lipinski definition) is 4. The van der Waals surface area contributed by atoms with Crippen LogP contribution in [0.5, 0.6) is 11.5 Å². The highest BCUT2D eigenvalue weighted by Crippen LogP contribution is 2.36. The molecule has 0 aliphatic carbocycles. The van der Waals surface area contributed by atoms with E-state index in [0.717, 1.165) is 36.5 Å². The van der Waals surface area contributed by atoms with E-state index in [0.29, 0.717) is 28.8 Å². The number of likely N-dealkylation sites (tertiary alicyclic amines) is 1. The Bertz CT molecular complexity index is 844. The van der Waals surface area contributed by atoms with Gasteiger partial charge in [-0.1, -0.05) is 35.3 Å². The third kappa shape index (κ3) is 5.10. The Kier molecular flexibility index (Phi) is 7.05. The van der Waals surface area contributed by atoms with Crippen molar-refractivity contribution in [2.45, 2.75) is 19.4 Å². The first-order valence-corrected chi connectivity index (χ1v) is 9.95. The number of hydrogen-bond donors (Lipinski definition) is 1. The minimum Gasteiger partial charge on any atom is -0.495 e. The molecule has 5 nitrogen and oxygen atoms in total. The molecule has 1 saturated heterocycles. The van der Waals surface area contributed by atoms with Crippen LogP contribution in [0.2, 0.25) is 10.0 Å². The van der Waals surface area contributed by atoms with Gasteiger partial charge in [-0.2, -0.15) is 0 Å². The predicted octanol–water partition coefficient (Wildman–Crippen LogP) is 4.86. The SMILES string of the molecule is COc1cc(NC(=O)C2CCCN(Cc3cccc(Cl)c3)C2)c(OC)cc1Cl. The Hall–Kier alpha value is -1.95. The Balaban J connectivity index is 1.67. The second-order valence-electron chi connectivity index (χ2n) is 6.88. The van der Waals surface area contributed by atoms with Crippen LogP contribution in [-0.2, 0) is 11.3 Å². The molecule has 1 fully saturated rings. The number of carbonyl (C=O) groups excluding carboxylic acids is 1. The summed E-state index contributed by atoms with van der Waals surface area (Å²) in [6.07, 6.45) is 1.82. The van der Waals surface area contributed by atoms with Crippen molar-refractivity contribution in [3.8, 4) is 11.5 Å². The lowest BCUT2D eigenvalue weighted by atomic mass is 9.96. The van der Waals surface area contributed by atoms with E-state index in [1.807, 2.05) is 18.2 Å². The monoisotopic (exact) mass is 422 g/mol. The van der Waals surface area contributed by atoms with Crippen LogP contribution in [0.1, 0.15) is 18.4 Å². The predicted molar refractivity (Wildman–Crippen MR) is 113 cm³/mol. The maximum Gasteiger partial charge on any atom is 0.228 e. The number of carbonyl (C=O) groups is 1. The number of anilines is 1. The molecule has 1 atom stereocenters. The van der Waals surface area contributed by atoms with Crippen LogP contribution in [0, 0.1) is 5.92 Å². The van der Waals surface area contributed by atoms with E-state index in [2.05, 4.69) is 16.3 Å². The maximum absolute atomic E-state index is 12.9. The van der Waals surface area contributed by atoms with E-state index in [9.17, 15) is 4.79 Å². The zero-order valence-corrected chi connectivity index (χ0v) is 17.5. The number of rotatable bonds is 6. The number of amides is 1. The summed E-state index contributed by atoms with van der Waals surface area (Å²) in [5, 5.41) is 4.14. The van der Waals surface area contributed by atoms with Gasteiger partial charge in [-0.15, -0.1) is 0 Å². The summed E-state index contributed by atoms with van der Waals surface area (Å²) in [5.41, 5.74) is 1.71. The van der Waals surface area contributed by atoms with Crippen molar-refractivity contribution in [2.75, 3.05) is 32.6 Å². The fourth-order valence-electron chi connectivity index (χ4n) is 3.50. The molecule has 1 aliphatic rings. The third-order valence-electron chi connectivity index (χ3n) is 4.90. The van der Waals surface area contributed by atoms with Crippen molar-refractivity contribution < 1.29 is 14.3 Å². The van der Waals surface area contributed by atoms with Gasteiger partial charge in [0.05, 0.1) is 30.8 Å². The number of ether oxygens (including phenoxy) is 2. The highest BCUT2D eigenvalue weighted by Gasteiger charge is 2.27. The Morgan fingerprint density at radius 1 is 1.18 bits per heavy atom. The van der Waals surface area contributed by atoms with Gasteiger partial charge >= 0.3 is 0 Å². The molecule has 0 saturated carbocycles. The number of nitrogens with one attached hydrogen (secondary N) is 1. The lowest BCUT2D eigenvalue weighted by molar-refractivity contribution is -0.121. The molecule has 0 spiro atoms. The number of nitrogens with zero attached hydrogens (tertiary/aromatic N) is 1. The van der Waals surface area contributed by atoms with Gasteiger partial charge in [0.1, 0.15) is 11.5 Å². The first-order chi connectivity index (χ1) is 13.5. The summed E-state index contributed by atoms with van der Waals surface area (Å²) in [6.45, 7) is 2.45. The minimum absolute atomic E-state index is 0.0292. The van der Waals surface area contributed by atoms with Crippen LogP contribution in [0.4, 0.5) is 5.69 Å². The topological polar surface area (TPSA) is 50.8 Å². The Morgan fingerprint density at radius 3 is 2.68 bits per heavy atom. The average Bonchev–Trinajstić information content (AvgIpc) is 2.69. The van der Waals surface area contributed by atoms with Crippen molar-refractivity contribution in [1.82, 2.24) is 4.90 Å². The molecule has 3 rings (SSSR count). The van der Waals surface area contributed by atoms with Crippen molar-refractivity contribution in [3.63, 3.8) is 0 Å². The van der Waals surface area contributed by atoms with Gasteiger partial charge in [-0.05, 0) is 37.1 Å². The minimum atomic E-state index is -0.0979. The third-order valence-corrected chi connectivity index (χ3v) is 5.43. The number of benzene rings is 2. The maximum atomic E-state index is 12.9. The zero-order valence-electron chi connectivity index (χ0n) is 16.0. The van der Waals surface area contributed by atoms with E-state index in [-0.39, 0.29) is 11.8 Å². The van der Waals surface area contributed by atoms with Crippen molar-refractivity contribution in [3.05, 3.63) is 52.0 Å². The van der Waals surface area contributed by atoms with Gasteiger partial charge < -0.3 is 14.8 Å². The lowest BCUT2D eigenvalue weighted by Crippen LogP contribution is -2.40. The molecule has 7 heteroatoms. The summed E-state index contributed by atoms with van der Waals surface area (Å²) < 4.78 is 10.6. The van der Waals surface area contributed by atoms with Crippen LogP contribution in [0.3, 0.4) is 0 Å². The zero-order chi connectivity index (χ0) is 20.1. The highest BCUT2D eigenvalue weighted by atomic mass is 35.5. The lowest BCUT2D eigenvalue weighted by Gasteiger charge is -2.32. The van der Waals surface area contributed by atoms with E-state index in [1.54, 1.807) is 19.2 Å². The quantitative estimate of drug-likeness (QED) is 0.721. The van der Waals surface area contributed by atoms with Gasteiger partial charge in [0, 0.05) is 30.2 Å². The molecule has 1 unspecified atom stereocenters. The number of piperidine rings is 1. The second-order valence-corrected chi connectivity index (χ2v) is 7.72. The van der Waals surface area contributed by atoms with Gasteiger partial charge in [0.2, 0.25) is 5.91 Å². The number of halogens is 2. The van der Waals surface area contributed by atoms with Gasteiger partial charge in [-0.3, -0.25) is 9.69 Å². The molecular formula is C21H24Cl2N2O3. The number of methoxy groups -OCH3 is 2. The van der Waals surface area contributed by atoms with Crippen LogP contribution >= 0.6 is 23.2 Å². The normalized spacial score (nSPS) is 17.2. The van der Waals surface area contributed by atoms with Gasteiger partial charge in [0.15, 0.2) is 0 Å². The van der Waals surface area contributed by atoms with Crippen LogP contribution in [0.25, 0.3) is 0 Å². The summed E-state index contributed by atoms with van der Waals surface area (Å²) >= 11 is 12.2. The van der Waals surface area contributed by atoms with Crippen molar-refractivity contribution in [2.24, 2.45) is 5.92 Å². The van der Waals surface area contributed by atoms with Crippen LogP contribution in [0.15, 0.2) is 36.4 Å². The molecule has 2 aromatic carbocycles. The largest absolute Gasteiger partial charge is 0.495 e. The molecule has 0 radical (unpaired) electrons. The molecular weight excluding hydrogens is 399 g/mol. The Labute approximate surface area is 175 Å². The highest BCUT2D eigenvalue weighted by molar-refractivity contribution is 6.32. The standard InChI is InChI=1S/C21H24Cl2N2O3/c1-27-19-11-18(20(28-2)10-17(19)23)24-21(26)15-6-4-8-25(13-15)12-14-5-3-7-16(22)9-14/h3,5,7,9-11,15H,4,6,8,12-13H2,1-2H3,(H,24,26). The smallest absolute Gasteiger partial charge is 0.228 e. The van der Waals surface area contributed by atoms with E-state index in [4.69, 9.17) is 32.7 Å². The van der Waals surface area contributed by atoms with Crippen LogP contribution < -0.4 is 14.8 Å². The Morgan fingerprint density at radius 2 is 1.96 bits per heavy atom. The van der Waals surface area contributed by atoms with Crippen molar-refractivity contribution >= 4 is 34.8 Å². The molecule has 0 aromatic heterocycles. The van der Waals surface area contributed by atoms with Crippen LogP contribution in [-0.4, -0.2) is 38.1 Å².